The van der Waals surface area contributed by atoms with Gasteiger partial charge in [0.05, 0.1) is 0 Å². The Morgan fingerprint density at radius 2 is 1.04 bits per heavy atom. The minimum absolute atomic E-state index is 0.0907. The molecule has 0 aliphatic heterocycles. The molecule has 2 atom stereocenters. The van der Waals surface area contributed by atoms with E-state index < -0.39 is 21.5 Å². The molecule has 0 radical (unpaired) electrons. The van der Waals surface area contributed by atoms with Crippen LogP contribution in [0.4, 0.5) is 0 Å². The molecule has 0 spiro atoms. The standard InChI is InChI=1S/C22H25.C20H21.C4H11Si.2ClH.Zr/c1-15(2)18-13-17-7-6-8-20(21(17)14-18)16-9-11-19(12-10-16)22(3,4)5;1-14-12-16-6-5-7-18(19(16)13-14)15-8-10-17(11-9-15)20(2,3)4;1-3-5-4-2;;;/h6-15H,1-5H3;5-13H,1-4H3;5H,3-4H2,1-2H3;2*1H;/q;;;;;+2/p-2. The average Bonchev–Trinajstić information content (AvgIpc) is 3.64. The van der Waals surface area contributed by atoms with Crippen molar-refractivity contribution in [2.24, 2.45) is 5.92 Å². The molecule has 4 aromatic rings. The van der Waals surface area contributed by atoms with Crippen molar-refractivity contribution in [2.75, 3.05) is 0 Å². The first-order chi connectivity index (χ1) is 23.4. The van der Waals surface area contributed by atoms with Crippen LogP contribution in [0.3, 0.4) is 0 Å². The van der Waals surface area contributed by atoms with Crippen molar-refractivity contribution < 1.29 is 15.6 Å². The Kier molecular flexibility index (Phi) is 10.2. The first-order valence-corrected chi connectivity index (χ1v) is 34.5. The number of rotatable bonds is 8. The van der Waals surface area contributed by atoms with Crippen LogP contribution in [-0.4, -0.2) is 5.92 Å². The molecule has 0 heterocycles. The molecule has 263 valence electrons. The quantitative estimate of drug-likeness (QED) is 0.156. The Balaban J connectivity index is 1.55. The van der Waals surface area contributed by atoms with E-state index in [0.717, 1.165) is 12.1 Å². The van der Waals surface area contributed by atoms with Crippen molar-refractivity contribution in [3.05, 3.63) is 129 Å². The summed E-state index contributed by atoms with van der Waals surface area (Å²) in [5, 5.41) is 0. The van der Waals surface area contributed by atoms with E-state index in [-0.39, 0.29) is 18.1 Å². The second-order valence-electron chi connectivity index (χ2n) is 17.6. The van der Waals surface area contributed by atoms with Gasteiger partial charge in [-0.3, -0.25) is 0 Å². The second kappa shape index (κ2) is 13.5. The summed E-state index contributed by atoms with van der Waals surface area (Å²) in [6.45, 7) is 25.5. The number of allylic oxidation sites excluding steroid dienone is 2. The SMILES string of the molecule is CC[SiH](CC)[Zr]([Cl])([Cl])([CH]1C(C)=Cc2c(-c3ccc(C(C)(C)C)cc3)cccc21)[CH]1C(C(C)C)=Cc2c(-c3ccc(C(C)(C)C)cc3)cccc21. The molecular weight excluding hydrogens is 743 g/mol. The third-order valence-electron chi connectivity index (χ3n) is 12.0. The first-order valence-electron chi connectivity index (χ1n) is 18.9. The van der Waals surface area contributed by atoms with E-state index in [4.69, 9.17) is 17.0 Å². The van der Waals surface area contributed by atoms with E-state index in [1.807, 2.05) is 0 Å². The van der Waals surface area contributed by atoms with Gasteiger partial charge in [-0.1, -0.05) is 0 Å². The Morgan fingerprint density at radius 3 is 1.44 bits per heavy atom. The van der Waals surface area contributed by atoms with Crippen LogP contribution >= 0.6 is 17.0 Å². The zero-order chi connectivity index (χ0) is 36.4. The molecule has 4 aromatic carbocycles. The molecular formula is C46H57Cl2SiZr. The number of benzene rings is 4. The monoisotopic (exact) mass is 797 g/mol. The Hall–Kier alpha value is -1.96. The van der Waals surface area contributed by atoms with Gasteiger partial charge in [0, 0.05) is 0 Å². The van der Waals surface area contributed by atoms with E-state index in [1.54, 1.807) is 0 Å². The van der Waals surface area contributed by atoms with Crippen LogP contribution < -0.4 is 0 Å². The molecule has 50 heavy (non-hydrogen) atoms. The van der Waals surface area contributed by atoms with Gasteiger partial charge in [0.15, 0.2) is 0 Å². The molecule has 4 heteroatoms. The van der Waals surface area contributed by atoms with Gasteiger partial charge in [0.2, 0.25) is 0 Å². The third-order valence-corrected chi connectivity index (χ3v) is 62.0. The van der Waals surface area contributed by atoms with E-state index in [1.165, 1.54) is 66.8 Å². The predicted molar refractivity (Wildman–Crippen MR) is 223 cm³/mol. The molecule has 2 aliphatic rings. The molecule has 2 aliphatic carbocycles. The molecule has 0 bridgehead atoms. The average molecular weight is 800 g/mol. The molecule has 0 amide bonds. The van der Waals surface area contributed by atoms with Crippen molar-refractivity contribution in [3.63, 3.8) is 0 Å². The topological polar surface area (TPSA) is 0 Å². The summed E-state index contributed by atoms with van der Waals surface area (Å²) < 4.78 is 0.183. The van der Waals surface area contributed by atoms with Gasteiger partial charge in [-0.05, 0) is 0 Å². The molecule has 0 fully saturated rings. The fourth-order valence-electron chi connectivity index (χ4n) is 9.34. The zero-order valence-corrected chi connectivity index (χ0v) is 37.3. The van der Waals surface area contributed by atoms with Crippen LogP contribution in [0, 0.1) is 5.92 Å². The molecule has 0 nitrogen and oxygen atoms in total. The van der Waals surface area contributed by atoms with Crippen molar-refractivity contribution in [1.29, 1.82) is 0 Å². The molecule has 6 rings (SSSR count). The first kappa shape index (κ1) is 37.8. The normalized spacial score (nSPS) is 18.5. The number of hydrogen-bond donors (Lipinski definition) is 0. The zero-order valence-electron chi connectivity index (χ0n) is 32.2. The van der Waals surface area contributed by atoms with Crippen LogP contribution in [0.5, 0.6) is 0 Å². The maximum atomic E-state index is 8.86. The summed E-state index contributed by atoms with van der Waals surface area (Å²) in [7, 11) is 17.7. The number of hydrogen-bond acceptors (Lipinski definition) is 0. The Morgan fingerprint density at radius 1 is 0.620 bits per heavy atom. The van der Waals surface area contributed by atoms with Crippen molar-refractivity contribution in [1.82, 2.24) is 0 Å². The van der Waals surface area contributed by atoms with Gasteiger partial charge in [-0.25, -0.2) is 0 Å². The van der Waals surface area contributed by atoms with Crippen molar-refractivity contribution in [3.8, 4) is 22.3 Å². The third kappa shape index (κ3) is 6.27. The van der Waals surface area contributed by atoms with Gasteiger partial charge in [-0.15, -0.1) is 0 Å². The van der Waals surface area contributed by atoms with Gasteiger partial charge >= 0.3 is 315 Å². The van der Waals surface area contributed by atoms with Gasteiger partial charge < -0.3 is 0 Å². The van der Waals surface area contributed by atoms with Crippen LogP contribution in [0.25, 0.3) is 34.4 Å². The summed E-state index contributed by atoms with van der Waals surface area (Å²) in [6, 6.07) is 34.5. The van der Waals surface area contributed by atoms with Crippen LogP contribution in [0.2, 0.25) is 12.1 Å². The Labute approximate surface area is 312 Å². The van der Waals surface area contributed by atoms with Crippen molar-refractivity contribution in [2.45, 2.75) is 106 Å². The number of halogens is 2. The summed E-state index contributed by atoms with van der Waals surface area (Å²) in [5.41, 5.74) is 16.2. The van der Waals surface area contributed by atoms with E-state index >= 15 is 0 Å². The van der Waals surface area contributed by atoms with Gasteiger partial charge in [-0.2, -0.15) is 0 Å². The summed E-state index contributed by atoms with van der Waals surface area (Å²) >= 11 is -4.91. The van der Waals surface area contributed by atoms with Crippen LogP contribution in [-0.2, 0) is 26.4 Å². The molecule has 0 N–H and O–H groups in total. The maximum absolute atomic E-state index is 8.86. The van der Waals surface area contributed by atoms with Gasteiger partial charge in [0.1, 0.15) is 0 Å². The molecule has 0 saturated heterocycles. The minimum atomic E-state index is -4.91. The Bertz CT molecular complexity index is 1960. The number of fused-ring (bicyclic) bond motifs is 2. The van der Waals surface area contributed by atoms with E-state index in [9.17, 15) is 0 Å². The van der Waals surface area contributed by atoms with Crippen LogP contribution in [0.1, 0.15) is 117 Å². The molecule has 0 aromatic heterocycles. The fraction of sp³-hybridized carbons (Fsp3) is 0.391. The van der Waals surface area contributed by atoms with E-state index in [2.05, 4.69) is 173 Å². The fourth-order valence-corrected chi connectivity index (χ4v) is 62.9. The molecule has 0 saturated carbocycles. The van der Waals surface area contributed by atoms with Crippen LogP contribution in [0.15, 0.2) is 96.1 Å². The van der Waals surface area contributed by atoms with E-state index in [0.29, 0.717) is 5.92 Å². The summed E-state index contributed by atoms with van der Waals surface area (Å²) in [4.78, 5) is 0. The predicted octanol–water partition coefficient (Wildman–Crippen LogP) is 14.6. The van der Waals surface area contributed by atoms with Crippen molar-refractivity contribution >= 4 is 35.1 Å². The molecule has 2 unspecified atom stereocenters. The second-order valence-corrected chi connectivity index (χ2v) is 58.3. The summed E-state index contributed by atoms with van der Waals surface area (Å²) in [6.07, 6.45) is 4.96. The summed E-state index contributed by atoms with van der Waals surface area (Å²) in [5.74, 6) is -1.31. The van der Waals surface area contributed by atoms with Gasteiger partial charge in [0.25, 0.3) is 0 Å².